The van der Waals surface area contributed by atoms with Crippen molar-refractivity contribution >= 4 is 41.0 Å². The van der Waals surface area contributed by atoms with Crippen LogP contribution in [-0.4, -0.2) is 95.8 Å². The Morgan fingerprint density at radius 3 is 2.57 bits per heavy atom. The minimum atomic E-state index is -3.59. The number of benzene rings is 2. The summed E-state index contributed by atoms with van der Waals surface area (Å²) in [4.78, 5) is 51.1. The van der Waals surface area contributed by atoms with Crippen molar-refractivity contribution in [1.29, 1.82) is 0 Å². The second-order valence-electron chi connectivity index (χ2n) is 12.5. The first-order valence-corrected chi connectivity index (χ1v) is 16.2. The quantitative estimate of drug-likeness (QED) is 0.318. The highest BCUT2D eigenvalue weighted by atomic mass is 19.3. The van der Waals surface area contributed by atoms with Gasteiger partial charge in [0, 0.05) is 25.2 Å². The minimum absolute atomic E-state index is 0.00525. The molecule has 3 aromatic rings. The lowest BCUT2D eigenvalue weighted by atomic mass is 10.0. The van der Waals surface area contributed by atoms with Crippen LogP contribution in [-0.2, 0) is 16.1 Å². The largest absolute Gasteiger partial charge is 0.495 e. The fourth-order valence-electron chi connectivity index (χ4n) is 6.49. The van der Waals surface area contributed by atoms with Gasteiger partial charge in [0.15, 0.2) is 5.82 Å². The number of piperidine rings is 1. The Balaban J connectivity index is 1.11. The molecule has 3 amide bonds. The smallest absolute Gasteiger partial charge is 0.410 e. The summed E-state index contributed by atoms with van der Waals surface area (Å²) in [6, 6.07) is 13.2. The number of rotatable bonds is 8. The molecule has 49 heavy (non-hydrogen) atoms. The summed E-state index contributed by atoms with van der Waals surface area (Å²) in [5.41, 5.74) is 1.72. The van der Waals surface area contributed by atoms with Crippen LogP contribution < -0.4 is 25.2 Å². The van der Waals surface area contributed by atoms with Gasteiger partial charge in [-0.2, -0.15) is 13.8 Å². The van der Waals surface area contributed by atoms with Gasteiger partial charge in [-0.15, -0.1) is 0 Å². The van der Waals surface area contributed by atoms with Crippen LogP contribution in [0.25, 0.3) is 0 Å². The van der Waals surface area contributed by atoms with E-state index in [1.54, 1.807) is 12.1 Å². The van der Waals surface area contributed by atoms with Crippen LogP contribution in [0.5, 0.6) is 5.75 Å². The van der Waals surface area contributed by atoms with Crippen molar-refractivity contribution in [3.05, 3.63) is 65.9 Å². The highest BCUT2D eigenvalue weighted by Crippen LogP contribution is 2.40. The standard InChI is InChI=1S/C34H39F2N7O6/c1-41-26-17-37-32(40-29(26)43(23-10-6-7-11-23)20-34(35,36)31(41)46)39-25-13-12-22(16-28(25)48-2)30(45)38-24-14-15-42(18-27(24)44)33(47)49-19-21-8-4-3-5-9-21/h3-5,8-9,12-13,16-17,23-24,27,44H,6-7,10-11,14-15,18-20H2,1-2H3,(H,38,45)(H,37,39,40)/t24?,27-/m1/s1. The molecular weight excluding hydrogens is 640 g/mol. The van der Waals surface area contributed by atoms with Crippen LogP contribution in [0.15, 0.2) is 54.7 Å². The summed E-state index contributed by atoms with van der Waals surface area (Å²) in [6.07, 6.45) is 3.37. The summed E-state index contributed by atoms with van der Waals surface area (Å²) in [5.74, 6) is -4.73. The number of aromatic nitrogens is 2. The fourth-order valence-corrected chi connectivity index (χ4v) is 6.49. The molecule has 1 aliphatic carbocycles. The predicted molar refractivity (Wildman–Crippen MR) is 176 cm³/mol. The third-order valence-corrected chi connectivity index (χ3v) is 9.21. The van der Waals surface area contributed by atoms with Crippen molar-refractivity contribution in [2.24, 2.45) is 0 Å². The van der Waals surface area contributed by atoms with Crippen LogP contribution in [0.4, 0.5) is 36.7 Å². The van der Waals surface area contributed by atoms with Crippen LogP contribution in [0.1, 0.15) is 48.0 Å². The number of nitrogens with one attached hydrogen (secondary N) is 2. The molecule has 13 nitrogen and oxygen atoms in total. The van der Waals surface area contributed by atoms with Crippen LogP contribution in [0, 0.1) is 0 Å². The molecular formula is C34H39F2N7O6. The van der Waals surface area contributed by atoms with Gasteiger partial charge in [-0.25, -0.2) is 9.78 Å². The number of aliphatic hydroxyl groups excluding tert-OH is 1. The van der Waals surface area contributed by atoms with Crippen LogP contribution >= 0.6 is 0 Å². The molecule has 3 heterocycles. The highest BCUT2D eigenvalue weighted by Gasteiger charge is 2.48. The van der Waals surface area contributed by atoms with Crippen molar-refractivity contribution in [2.75, 3.05) is 48.9 Å². The Kier molecular flexibility index (Phi) is 9.81. The van der Waals surface area contributed by atoms with Crippen molar-refractivity contribution in [3.8, 4) is 5.75 Å². The normalized spacial score (nSPS) is 20.8. The maximum Gasteiger partial charge on any atom is 0.410 e. The summed E-state index contributed by atoms with van der Waals surface area (Å²) in [5, 5.41) is 16.6. The lowest BCUT2D eigenvalue weighted by Gasteiger charge is -2.35. The van der Waals surface area contributed by atoms with Gasteiger partial charge in [-0.05, 0) is 43.0 Å². The fraction of sp³-hybridized carbons (Fsp3) is 0.441. The number of likely N-dealkylation sites (tertiary alicyclic amines) is 1. The summed E-state index contributed by atoms with van der Waals surface area (Å²) in [6.45, 7) is -0.356. The third-order valence-electron chi connectivity index (χ3n) is 9.21. The highest BCUT2D eigenvalue weighted by molar-refractivity contribution is 6.02. The molecule has 1 unspecified atom stereocenters. The zero-order valence-electron chi connectivity index (χ0n) is 27.3. The second kappa shape index (κ2) is 14.2. The Labute approximate surface area is 282 Å². The van der Waals surface area contributed by atoms with Gasteiger partial charge >= 0.3 is 12.0 Å². The number of ether oxygens (including phenoxy) is 2. The molecule has 3 N–H and O–H groups in total. The van der Waals surface area contributed by atoms with Crippen molar-refractivity contribution in [2.45, 2.75) is 62.8 Å². The SMILES string of the molecule is COc1cc(C(=O)NC2CCN(C(=O)OCc3ccccc3)C[C@H]2O)ccc1Nc1ncc2c(n1)N(C1CCCC1)CC(F)(F)C(=O)N2C. The molecule has 2 fully saturated rings. The number of amides is 3. The van der Waals surface area contributed by atoms with E-state index in [9.17, 15) is 28.3 Å². The molecule has 15 heteroatoms. The molecule has 0 spiro atoms. The van der Waals surface area contributed by atoms with Crippen molar-refractivity contribution in [1.82, 2.24) is 20.2 Å². The zero-order chi connectivity index (χ0) is 34.7. The first-order chi connectivity index (χ1) is 23.5. The predicted octanol–water partition coefficient (Wildman–Crippen LogP) is 4.09. The maximum atomic E-state index is 14.9. The van der Waals surface area contributed by atoms with Crippen LogP contribution in [0.2, 0.25) is 0 Å². The average Bonchev–Trinajstić information content (AvgIpc) is 3.63. The van der Waals surface area contributed by atoms with E-state index in [1.807, 2.05) is 30.3 Å². The number of β-amino-alcohol motifs (C(OH)–C–C–N with tert-alkyl or cyclic N) is 1. The van der Waals surface area contributed by atoms with E-state index in [2.05, 4.69) is 20.6 Å². The topological polar surface area (TPSA) is 149 Å². The van der Waals surface area contributed by atoms with Gasteiger partial charge < -0.3 is 39.9 Å². The van der Waals surface area contributed by atoms with E-state index < -0.39 is 42.5 Å². The molecule has 6 rings (SSSR count). The number of halogens is 2. The van der Waals surface area contributed by atoms with Gasteiger partial charge in [0.2, 0.25) is 5.95 Å². The Morgan fingerprint density at radius 2 is 1.86 bits per heavy atom. The first-order valence-electron chi connectivity index (χ1n) is 16.2. The van der Waals surface area contributed by atoms with Crippen molar-refractivity contribution < 1.29 is 37.7 Å². The minimum Gasteiger partial charge on any atom is -0.495 e. The monoisotopic (exact) mass is 679 g/mol. The second-order valence-corrected chi connectivity index (χ2v) is 12.5. The lowest BCUT2D eigenvalue weighted by Crippen LogP contribution is -2.55. The number of alkyl halides is 2. The molecule has 1 aromatic heterocycles. The number of hydrogen-bond acceptors (Lipinski definition) is 10. The summed E-state index contributed by atoms with van der Waals surface area (Å²) < 4.78 is 40.8. The molecule has 260 valence electrons. The molecule has 3 aliphatic rings. The molecule has 0 radical (unpaired) electrons. The van der Waals surface area contributed by atoms with E-state index in [1.165, 1.54) is 36.2 Å². The van der Waals surface area contributed by atoms with Gasteiger partial charge in [0.25, 0.3) is 11.8 Å². The number of fused-ring (bicyclic) bond motifs is 1. The summed E-state index contributed by atoms with van der Waals surface area (Å²) in [7, 11) is 2.72. The van der Waals surface area contributed by atoms with E-state index in [0.29, 0.717) is 18.7 Å². The van der Waals surface area contributed by atoms with E-state index >= 15 is 0 Å². The molecule has 1 saturated heterocycles. The van der Waals surface area contributed by atoms with Crippen molar-refractivity contribution in [3.63, 3.8) is 0 Å². The molecule has 2 aromatic carbocycles. The van der Waals surface area contributed by atoms with E-state index in [0.717, 1.165) is 36.1 Å². The number of anilines is 4. The Bertz CT molecular complexity index is 1690. The molecule has 1 saturated carbocycles. The third kappa shape index (κ3) is 7.36. The molecule has 2 atom stereocenters. The Morgan fingerprint density at radius 1 is 1.10 bits per heavy atom. The van der Waals surface area contributed by atoms with Gasteiger partial charge in [0.1, 0.15) is 18.0 Å². The number of nitrogens with zero attached hydrogens (tertiary/aromatic N) is 5. The van der Waals surface area contributed by atoms with Crippen LogP contribution in [0.3, 0.4) is 0 Å². The molecule has 2 aliphatic heterocycles. The summed E-state index contributed by atoms with van der Waals surface area (Å²) >= 11 is 0. The van der Waals surface area contributed by atoms with E-state index in [4.69, 9.17) is 9.47 Å². The first kappa shape index (κ1) is 33.8. The zero-order valence-corrected chi connectivity index (χ0v) is 27.3. The number of hydrogen-bond donors (Lipinski definition) is 3. The lowest BCUT2D eigenvalue weighted by molar-refractivity contribution is -0.140. The average molecular weight is 680 g/mol. The van der Waals surface area contributed by atoms with Gasteiger partial charge in [-0.1, -0.05) is 43.2 Å². The van der Waals surface area contributed by atoms with Gasteiger partial charge in [-0.3, -0.25) is 9.59 Å². The number of carbonyl (C=O) groups excluding carboxylic acids is 3. The molecule has 0 bridgehead atoms. The maximum absolute atomic E-state index is 14.9. The van der Waals surface area contributed by atoms with Gasteiger partial charge in [0.05, 0.1) is 44.2 Å². The number of methoxy groups -OCH3 is 1. The Hall–Kier alpha value is -5.05. The number of aliphatic hydroxyl groups is 1. The van der Waals surface area contributed by atoms with E-state index in [-0.39, 0.29) is 48.0 Å². The number of carbonyl (C=O) groups is 3.